The second-order valence-corrected chi connectivity index (χ2v) is 6.80. The second-order valence-electron chi connectivity index (χ2n) is 6.80. The number of piperazine rings is 1. The topological polar surface area (TPSA) is 61.6 Å². The summed E-state index contributed by atoms with van der Waals surface area (Å²) in [4.78, 5) is 17.2. The quantitative estimate of drug-likeness (QED) is 0.841. The van der Waals surface area contributed by atoms with Crippen molar-refractivity contribution >= 4 is 17.3 Å². The molecule has 5 heteroatoms. The zero-order valence-electron chi connectivity index (χ0n) is 15.0. The van der Waals surface area contributed by atoms with Crippen molar-refractivity contribution in [2.24, 2.45) is 0 Å². The number of nitrogens with one attached hydrogen (secondary N) is 1. The summed E-state index contributed by atoms with van der Waals surface area (Å²) in [7, 11) is 2.16. The van der Waals surface area contributed by atoms with Crippen LogP contribution in [0.3, 0.4) is 0 Å². The highest BCUT2D eigenvalue weighted by Gasteiger charge is 2.14. The van der Waals surface area contributed by atoms with Gasteiger partial charge in [0.05, 0.1) is 0 Å². The Morgan fingerprint density at radius 2 is 1.76 bits per heavy atom. The average molecular weight is 338 g/mol. The summed E-state index contributed by atoms with van der Waals surface area (Å²) in [6.45, 7) is 7.29. The SMILES string of the molecule is Cc1ccc(N)cc1NC(=O)c1ccc(CN2CCN(C)CC2)cc1. The number of nitrogens with two attached hydrogens (primary N) is 1. The lowest BCUT2D eigenvalue weighted by atomic mass is 10.1. The van der Waals surface area contributed by atoms with Crippen molar-refractivity contribution in [1.29, 1.82) is 0 Å². The second kappa shape index (κ2) is 7.68. The smallest absolute Gasteiger partial charge is 0.255 e. The summed E-state index contributed by atoms with van der Waals surface area (Å²) in [5, 5.41) is 2.94. The van der Waals surface area contributed by atoms with E-state index < -0.39 is 0 Å². The van der Waals surface area contributed by atoms with E-state index in [2.05, 4.69) is 22.2 Å². The third kappa shape index (κ3) is 4.59. The van der Waals surface area contributed by atoms with Gasteiger partial charge in [-0.15, -0.1) is 0 Å². The number of nitrogens with zero attached hydrogens (tertiary/aromatic N) is 2. The first-order valence-corrected chi connectivity index (χ1v) is 8.68. The minimum Gasteiger partial charge on any atom is -0.399 e. The molecule has 0 unspecified atom stereocenters. The number of anilines is 2. The highest BCUT2D eigenvalue weighted by Crippen LogP contribution is 2.19. The minimum atomic E-state index is -0.111. The number of nitrogen functional groups attached to an aromatic ring is 1. The molecule has 0 aliphatic carbocycles. The van der Waals surface area contributed by atoms with Gasteiger partial charge < -0.3 is 16.0 Å². The van der Waals surface area contributed by atoms with Crippen molar-refractivity contribution in [2.45, 2.75) is 13.5 Å². The lowest BCUT2D eigenvalue weighted by Gasteiger charge is -2.32. The fourth-order valence-electron chi connectivity index (χ4n) is 2.99. The molecule has 1 heterocycles. The molecule has 0 bridgehead atoms. The molecule has 2 aromatic rings. The Bertz CT molecular complexity index is 734. The molecule has 3 rings (SSSR count). The summed E-state index contributed by atoms with van der Waals surface area (Å²) < 4.78 is 0. The Morgan fingerprint density at radius 1 is 1.08 bits per heavy atom. The maximum Gasteiger partial charge on any atom is 0.255 e. The van der Waals surface area contributed by atoms with Crippen LogP contribution < -0.4 is 11.1 Å². The highest BCUT2D eigenvalue weighted by molar-refractivity contribution is 6.04. The van der Waals surface area contributed by atoms with Gasteiger partial charge in [-0.2, -0.15) is 0 Å². The summed E-state index contributed by atoms with van der Waals surface area (Å²) in [6.07, 6.45) is 0. The van der Waals surface area contributed by atoms with Crippen LogP contribution in [-0.2, 0) is 6.54 Å². The van der Waals surface area contributed by atoms with Crippen LogP contribution in [0.15, 0.2) is 42.5 Å². The van der Waals surface area contributed by atoms with Gasteiger partial charge in [-0.3, -0.25) is 9.69 Å². The molecule has 1 fully saturated rings. The Morgan fingerprint density at radius 3 is 2.44 bits per heavy atom. The molecule has 0 aromatic heterocycles. The number of carbonyl (C=O) groups is 1. The fraction of sp³-hybridized carbons (Fsp3) is 0.350. The number of likely N-dealkylation sites (N-methyl/N-ethyl adjacent to an activating group) is 1. The number of carbonyl (C=O) groups excluding carboxylic acids is 1. The normalized spacial score (nSPS) is 15.9. The summed E-state index contributed by atoms with van der Waals surface area (Å²) in [6, 6.07) is 13.4. The van der Waals surface area contributed by atoms with Gasteiger partial charge in [0, 0.05) is 49.7 Å². The van der Waals surface area contributed by atoms with Crippen LogP contribution in [0.2, 0.25) is 0 Å². The lowest BCUT2D eigenvalue weighted by Crippen LogP contribution is -2.43. The molecule has 0 atom stereocenters. The van der Waals surface area contributed by atoms with Gasteiger partial charge in [0.25, 0.3) is 5.91 Å². The van der Waals surface area contributed by atoms with Gasteiger partial charge in [0.1, 0.15) is 0 Å². The number of benzene rings is 2. The molecule has 1 amide bonds. The maximum absolute atomic E-state index is 12.4. The van der Waals surface area contributed by atoms with E-state index in [4.69, 9.17) is 5.73 Å². The predicted octanol–water partition coefficient (Wildman–Crippen LogP) is 2.58. The van der Waals surface area contributed by atoms with E-state index in [-0.39, 0.29) is 5.91 Å². The third-order valence-corrected chi connectivity index (χ3v) is 4.73. The summed E-state index contributed by atoms with van der Waals surface area (Å²) >= 11 is 0. The fourth-order valence-corrected chi connectivity index (χ4v) is 2.99. The molecule has 5 nitrogen and oxygen atoms in total. The van der Waals surface area contributed by atoms with E-state index in [0.717, 1.165) is 44.0 Å². The molecular formula is C20H26N4O. The molecule has 1 aliphatic heterocycles. The van der Waals surface area contributed by atoms with E-state index in [1.54, 1.807) is 6.07 Å². The van der Waals surface area contributed by atoms with Crippen molar-refractivity contribution in [3.8, 4) is 0 Å². The van der Waals surface area contributed by atoms with Crippen LogP contribution in [0.4, 0.5) is 11.4 Å². The van der Waals surface area contributed by atoms with E-state index >= 15 is 0 Å². The van der Waals surface area contributed by atoms with E-state index in [1.807, 2.05) is 43.3 Å². The van der Waals surface area contributed by atoms with Gasteiger partial charge in [-0.05, 0) is 49.4 Å². The number of hydrogen-bond donors (Lipinski definition) is 2. The van der Waals surface area contributed by atoms with Crippen molar-refractivity contribution < 1.29 is 4.79 Å². The monoisotopic (exact) mass is 338 g/mol. The van der Waals surface area contributed by atoms with Gasteiger partial charge in [0.2, 0.25) is 0 Å². The molecule has 0 radical (unpaired) electrons. The Labute approximate surface area is 149 Å². The molecule has 1 aliphatic rings. The summed E-state index contributed by atoms with van der Waals surface area (Å²) in [5.74, 6) is -0.111. The van der Waals surface area contributed by atoms with Crippen LogP contribution in [0.5, 0.6) is 0 Å². The molecule has 25 heavy (non-hydrogen) atoms. The van der Waals surface area contributed by atoms with E-state index in [9.17, 15) is 4.79 Å². The van der Waals surface area contributed by atoms with Crippen LogP contribution >= 0.6 is 0 Å². The molecular weight excluding hydrogens is 312 g/mol. The molecule has 132 valence electrons. The first-order valence-electron chi connectivity index (χ1n) is 8.68. The minimum absolute atomic E-state index is 0.111. The first-order chi connectivity index (χ1) is 12.0. The van der Waals surface area contributed by atoms with Crippen LogP contribution in [-0.4, -0.2) is 48.9 Å². The Balaban J connectivity index is 1.61. The summed E-state index contributed by atoms with van der Waals surface area (Å²) in [5.41, 5.74) is 10.1. The van der Waals surface area contributed by atoms with Crippen LogP contribution in [0.1, 0.15) is 21.5 Å². The van der Waals surface area contributed by atoms with E-state index in [0.29, 0.717) is 11.3 Å². The zero-order valence-corrected chi connectivity index (χ0v) is 15.0. The average Bonchev–Trinajstić information content (AvgIpc) is 2.61. The van der Waals surface area contributed by atoms with Crippen molar-refractivity contribution in [1.82, 2.24) is 9.80 Å². The number of aryl methyl sites for hydroxylation is 1. The van der Waals surface area contributed by atoms with Crippen molar-refractivity contribution in [2.75, 3.05) is 44.3 Å². The molecule has 2 aromatic carbocycles. The number of rotatable bonds is 4. The number of hydrogen-bond acceptors (Lipinski definition) is 4. The highest BCUT2D eigenvalue weighted by atomic mass is 16.1. The molecule has 1 saturated heterocycles. The Kier molecular flexibility index (Phi) is 5.36. The first kappa shape index (κ1) is 17.5. The largest absolute Gasteiger partial charge is 0.399 e. The van der Waals surface area contributed by atoms with Gasteiger partial charge in [-0.1, -0.05) is 18.2 Å². The molecule has 0 saturated carbocycles. The van der Waals surface area contributed by atoms with Crippen LogP contribution in [0.25, 0.3) is 0 Å². The van der Waals surface area contributed by atoms with Crippen molar-refractivity contribution in [3.05, 3.63) is 59.2 Å². The maximum atomic E-state index is 12.4. The van der Waals surface area contributed by atoms with E-state index in [1.165, 1.54) is 5.56 Å². The van der Waals surface area contributed by atoms with Gasteiger partial charge in [0.15, 0.2) is 0 Å². The van der Waals surface area contributed by atoms with Gasteiger partial charge in [-0.25, -0.2) is 0 Å². The van der Waals surface area contributed by atoms with Gasteiger partial charge >= 0.3 is 0 Å². The Hall–Kier alpha value is -2.37. The molecule has 0 spiro atoms. The van der Waals surface area contributed by atoms with Crippen LogP contribution in [0, 0.1) is 6.92 Å². The van der Waals surface area contributed by atoms with Crippen molar-refractivity contribution in [3.63, 3.8) is 0 Å². The third-order valence-electron chi connectivity index (χ3n) is 4.73. The zero-order chi connectivity index (χ0) is 17.8. The number of amides is 1. The lowest BCUT2D eigenvalue weighted by molar-refractivity contribution is 0.102. The molecule has 3 N–H and O–H groups in total. The predicted molar refractivity (Wildman–Crippen MR) is 103 cm³/mol. The standard InChI is InChI=1S/C20H26N4O/c1-15-3-8-18(21)13-19(15)22-20(25)17-6-4-16(5-7-17)14-24-11-9-23(2)10-12-24/h3-8,13H,9-12,14,21H2,1-2H3,(H,22,25).